The number of anilines is 3. The first-order chi connectivity index (χ1) is 16.6. The summed E-state index contributed by atoms with van der Waals surface area (Å²) < 4.78 is 44.0. The maximum atomic E-state index is 12.5. The summed E-state index contributed by atoms with van der Waals surface area (Å²) in [5, 5.41) is 11.4. The average molecular weight is 494 g/mol. The molecule has 4 heterocycles. The molecule has 4 rings (SSSR count). The van der Waals surface area contributed by atoms with Crippen LogP contribution in [-0.2, 0) is 11.3 Å². The number of ether oxygens (including phenoxy) is 1. The Morgan fingerprint density at radius 1 is 1.20 bits per heavy atom. The first-order valence-corrected chi connectivity index (χ1v) is 11.6. The molecule has 0 unspecified atom stereocenters. The Kier molecular flexibility index (Phi) is 7.36. The summed E-state index contributed by atoms with van der Waals surface area (Å²) in [6.45, 7) is 8.34. The van der Waals surface area contributed by atoms with Crippen LogP contribution >= 0.6 is 0 Å². The van der Waals surface area contributed by atoms with E-state index in [2.05, 4.69) is 39.3 Å². The second-order valence-electron chi connectivity index (χ2n) is 9.09. The Morgan fingerprint density at radius 2 is 1.94 bits per heavy atom. The molecular formula is C22H30F3N9O. The Hall–Kier alpha value is -3.06. The zero-order valence-electron chi connectivity index (χ0n) is 20.2. The highest BCUT2D eigenvalue weighted by molar-refractivity contribution is 5.90. The molecule has 1 fully saturated rings. The van der Waals surface area contributed by atoms with Crippen molar-refractivity contribution in [1.82, 2.24) is 35.0 Å². The molecule has 0 amide bonds. The third kappa shape index (κ3) is 6.14. The van der Waals surface area contributed by atoms with Crippen LogP contribution in [0.3, 0.4) is 0 Å². The highest BCUT2D eigenvalue weighted by Crippen LogP contribution is 2.31. The first-order valence-electron chi connectivity index (χ1n) is 11.6. The van der Waals surface area contributed by atoms with Crippen molar-refractivity contribution in [2.24, 2.45) is 0 Å². The average Bonchev–Trinajstić information content (AvgIpc) is 3.15. The summed E-state index contributed by atoms with van der Waals surface area (Å²) in [4.78, 5) is 20.0. The molecule has 3 aromatic rings. The molecule has 13 heteroatoms. The quantitative estimate of drug-likeness (QED) is 0.458. The lowest BCUT2D eigenvalue weighted by Gasteiger charge is -2.36. The largest absolute Gasteiger partial charge is 0.411 e. The van der Waals surface area contributed by atoms with Crippen molar-refractivity contribution in [2.75, 3.05) is 36.5 Å². The lowest BCUT2D eigenvalue weighted by atomic mass is 10.1. The maximum absolute atomic E-state index is 12.5. The van der Waals surface area contributed by atoms with Crippen LogP contribution in [0.1, 0.15) is 39.3 Å². The first kappa shape index (κ1) is 25.0. The van der Waals surface area contributed by atoms with Gasteiger partial charge in [-0.3, -0.25) is 4.68 Å². The fraction of sp³-hybridized carbons (Fsp3) is 0.591. The van der Waals surface area contributed by atoms with Gasteiger partial charge in [0.2, 0.25) is 5.95 Å². The van der Waals surface area contributed by atoms with Crippen LogP contribution in [0.5, 0.6) is 0 Å². The van der Waals surface area contributed by atoms with Gasteiger partial charge in [0.15, 0.2) is 5.82 Å². The zero-order valence-corrected chi connectivity index (χ0v) is 20.2. The van der Waals surface area contributed by atoms with E-state index in [0.717, 1.165) is 18.8 Å². The number of halogens is 3. The summed E-state index contributed by atoms with van der Waals surface area (Å²) in [6, 6.07) is 2.22. The third-order valence-corrected chi connectivity index (χ3v) is 5.53. The van der Waals surface area contributed by atoms with Crippen molar-refractivity contribution in [3.8, 4) is 0 Å². The molecule has 0 bridgehead atoms. The fourth-order valence-corrected chi connectivity index (χ4v) is 4.19. The maximum Gasteiger partial charge on any atom is 0.411 e. The Bertz CT molecular complexity index is 1130. The third-order valence-electron chi connectivity index (χ3n) is 5.53. The van der Waals surface area contributed by atoms with Crippen LogP contribution in [0, 0.1) is 0 Å². The van der Waals surface area contributed by atoms with Gasteiger partial charge in [-0.2, -0.15) is 23.3 Å². The van der Waals surface area contributed by atoms with Crippen LogP contribution in [0.15, 0.2) is 18.6 Å². The Morgan fingerprint density at radius 3 is 2.57 bits per heavy atom. The Balaban J connectivity index is 1.77. The molecule has 0 aliphatic carbocycles. The number of nitrogens with zero attached hydrogens (tertiary/aromatic N) is 7. The van der Waals surface area contributed by atoms with Crippen molar-refractivity contribution in [2.45, 2.75) is 58.4 Å². The van der Waals surface area contributed by atoms with Crippen LogP contribution in [-0.4, -0.2) is 74.3 Å². The number of aromatic nitrogens is 6. The van der Waals surface area contributed by atoms with E-state index in [9.17, 15) is 13.2 Å². The van der Waals surface area contributed by atoms with Crippen LogP contribution in [0.25, 0.3) is 11.0 Å². The molecular weight excluding hydrogens is 463 g/mol. The smallest absolute Gasteiger partial charge is 0.370 e. The molecule has 3 aromatic heterocycles. The number of nitrogens with one attached hydrogen (secondary N) is 2. The van der Waals surface area contributed by atoms with Crippen molar-refractivity contribution in [3.05, 3.63) is 24.3 Å². The van der Waals surface area contributed by atoms with E-state index < -0.39 is 12.8 Å². The molecule has 190 valence electrons. The molecule has 1 aliphatic heterocycles. The predicted octanol–water partition coefficient (Wildman–Crippen LogP) is 3.25. The van der Waals surface area contributed by atoms with Crippen molar-refractivity contribution >= 4 is 28.6 Å². The molecule has 2 N–H and O–H groups in total. The van der Waals surface area contributed by atoms with Gasteiger partial charge in [-0.15, -0.1) is 0 Å². The van der Waals surface area contributed by atoms with Crippen molar-refractivity contribution in [1.29, 1.82) is 0 Å². The molecule has 0 radical (unpaired) electrons. The topological polar surface area (TPSA) is 106 Å². The lowest BCUT2D eigenvalue weighted by molar-refractivity contribution is -0.174. The number of rotatable bonds is 8. The predicted molar refractivity (Wildman–Crippen MR) is 126 cm³/mol. The Labute approximate surface area is 201 Å². The van der Waals surface area contributed by atoms with Gasteiger partial charge in [0.1, 0.15) is 29.8 Å². The van der Waals surface area contributed by atoms with Crippen LogP contribution < -0.4 is 15.5 Å². The van der Waals surface area contributed by atoms with Gasteiger partial charge in [0.25, 0.3) is 0 Å². The van der Waals surface area contributed by atoms with E-state index in [1.54, 1.807) is 16.9 Å². The number of fused-ring (bicyclic) bond motifs is 1. The van der Waals surface area contributed by atoms with Gasteiger partial charge in [-0.25, -0.2) is 15.0 Å². The minimum absolute atomic E-state index is 0.0327. The molecule has 0 saturated carbocycles. The number of hydrogen-bond donors (Lipinski definition) is 2. The molecule has 35 heavy (non-hydrogen) atoms. The monoisotopic (exact) mass is 493 g/mol. The van der Waals surface area contributed by atoms with E-state index in [0.29, 0.717) is 28.6 Å². The second kappa shape index (κ2) is 10.3. The van der Waals surface area contributed by atoms with E-state index >= 15 is 0 Å². The summed E-state index contributed by atoms with van der Waals surface area (Å²) >= 11 is 0. The summed E-state index contributed by atoms with van der Waals surface area (Å²) in [6.07, 6.45) is -1.36. The standard InChI is InChI=1S/C22H30F3N9O/c1-13(2)17-18-19(34(32-17)7-8-35-11-22(23,24)25)20(29-16-5-6-26-12-27-16)31-21(30-18)33-9-14(3)28-15(4)10-33/h5-6,12-15,28H,7-11H2,1-4H3,(H,26,27,29,30,31)/t14-,15+. The van der Waals surface area contributed by atoms with Crippen molar-refractivity contribution in [3.63, 3.8) is 0 Å². The van der Waals surface area contributed by atoms with Gasteiger partial charge in [0.05, 0.1) is 18.8 Å². The number of alkyl halides is 3. The SMILES string of the molecule is CC(C)c1nn(CCOCC(F)(F)F)c2c(Nc3ccncn3)nc(N3C[C@@H](C)N[C@@H](C)C3)nc12. The molecule has 0 aromatic carbocycles. The normalized spacial score (nSPS) is 19.0. The minimum Gasteiger partial charge on any atom is -0.370 e. The zero-order chi connectivity index (χ0) is 25.2. The van der Waals surface area contributed by atoms with Gasteiger partial charge < -0.3 is 20.3 Å². The highest BCUT2D eigenvalue weighted by Gasteiger charge is 2.28. The van der Waals surface area contributed by atoms with E-state index in [1.165, 1.54) is 6.33 Å². The van der Waals surface area contributed by atoms with Crippen LogP contribution in [0.2, 0.25) is 0 Å². The van der Waals surface area contributed by atoms with E-state index in [1.807, 2.05) is 13.8 Å². The van der Waals surface area contributed by atoms with E-state index in [4.69, 9.17) is 19.8 Å². The molecule has 1 aliphatic rings. The molecule has 2 atom stereocenters. The number of piperazine rings is 1. The summed E-state index contributed by atoms with van der Waals surface area (Å²) in [5.41, 5.74) is 1.97. The van der Waals surface area contributed by atoms with E-state index in [-0.39, 0.29) is 31.2 Å². The van der Waals surface area contributed by atoms with Gasteiger partial charge in [0, 0.05) is 31.4 Å². The summed E-state index contributed by atoms with van der Waals surface area (Å²) in [5.74, 6) is 1.59. The second-order valence-corrected chi connectivity index (χ2v) is 9.09. The molecule has 0 spiro atoms. The van der Waals surface area contributed by atoms with Crippen LogP contribution in [0.4, 0.5) is 30.8 Å². The molecule has 10 nitrogen and oxygen atoms in total. The fourth-order valence-electron chi connectivity index (χ4n) is 4.19. The highest BCUT2D eigenvalue weighted by atomic mass is 19.4. The van der Waals surface area contributed by atoms with Crippen molar-refractivity contribution < 1.29 is 17.9 Å². The lowest BCUT2D eigenvalue weighted by Crippen LogP contribution is -2.54. The number of hydrogen-bond acceptors (Lipinski definition) is 9. The molecule has 1 saturated heterocycles. The van der Waals surface area contributed by atoms with Gasteiger partial charge in [-0.1, -0.05) is 13.8 Å². The van der Waals surface area contributed by atoms with Gasteiger partial charge in [-0.05, 0) is 25.8 Å². The summed E-state index contributed by atoms with van der Waals surface area (Å²) in [7, 11) is 0. The minimum atomic E-state index is -4.38. The van der Waals surface area contributed by atoms with Gasteiger partial charge >= 0.3 is 6.18 Å².